The van der Waals surface area contributed by atoms with Gasteiger partial charge in [0.05, 0.1) is 5.56 Å². The molecule has 2 aromatic rings. The van der Waals surface area contributed by atoms with Crippen molar-refractivity contribution in [3.63, 3.8) is 0 Å². The van der Waals surface area contributed by atoms with E-state index in [1.165, 1.54) is 17.2 Å². The van der Waals surface area contributed by atoms with Gasteiger partial charge in [0.15, 0.2) is 5.11 Å². The van der Waals surface area contributed by atoms with Crippen LogP contribution in [-0.4, -0.2) is 23.1 Å². The summed E-state index contributed by atoms with van der Waals surface area (Å²) >= 11 is 5.39. The van der Waals surface area contributed by atoms with Gasteiger partial charge in [0.25, 0.3) is 0 Å². The van der Waals surface area contributed by atoms with Crippen LogP contribution in [0.3, 0.4) is 0 Å². The van der Waals surface area contributed by atoms with E-state index in [0.717, 1.165) is 31.6 Å². The maximum Gasteiger partial charge on any atom is 0.416 e. The molecular formula is C19H19F3N2S. The quantitative estimate of drug-likeness (QED) is 0.738. The zero-order chi connectivity index (χ0) is 18.0. The van der Waals surface area contributed by atoms with Crippen LogP contribution in [0.4, 0.5) is 18.9 Å². The smallest absolute Gasteiger partial charge is 0.348 e. The first-order valence-electron chi connectivity index (χ1n) is 8.13. The van der Waals surface area contributed by atoms with E-state index in [0.29, 0.717) is 16.7 Å². The maximum atomic E-state index is 12.8. The highest BCUT2D eigenvalue weighted by atomic mass is 32.1. The van der Waals surface area contributed by atoms with E-state index in [-0.39, 0.29) is 0 Å². The number of anilines is 1. The Balaban J connectivity index is 1.64. The van der Waals surface area contributed by atoms with Crippen molar-refractivity contribution in [3.8, 4) is 0 Å². The highest BCUT2D eigenvalue weighted by molar-refractivity contribution is 7.80. The van der Waals surface area contributed by atoms with Crippen LogP contribution in [0.25, 0.3) is 0 Å². The Hall–Kier alpha value is -2.08. The van der Waals surface area contributed by atoms with Crippen molar-refractivity contribution < 1.29 is 13.2 Å². The molecule has 132 valence electrons. The summed E-state index contributed by atoms with van der Waals surface area (Å²) in [5.74, 6) is 0.391. The van der Waals surface area contributed by atoms with Crippen molar-refractivity contribution >= 4 is 23.0 Å². The van der Waals surface area contributed by atoms with E-state index >= 15 is 0 Å². The lowest BCUT2D eigenvalue weighted by Crippen LogP contribution is -2.32. The van der Waals surface area contributed by atoms with Gasteiger partial charge in [-0.25, -0.2) is 0 Å². The minimum Gasteiger partial charge on any atom is -0.348 e. The second kappa shape index (κ2) is 7.04. The fraction of sp³-hybridized carbons (Fsp3) is 0.316. The highest BCUT2D eigenvalue weighted by Gasteiger charge is 2.31. The molecule has 1 atom stereocenters. The molecule has 0 aromatic heterocycles. The SMILES string of the molecule is Cc1ccc([C@@H]2CCN(C(=S)Nc3cccc(C(F)(F)F)c3)C2)cc1. The molecule has 2 aromatic carbocycles. The van der Waals surface area contributed by atoms with Crippen LogP contribution < -0.4 is 5.32 Å². The van der Waals surface area contributed by atoms with E-state index in [4.69, 9.17) is 12.2 Å². The number of halogens is 3. The molecule has 1 heterocycles. The predicted molar refractivity (Wildman–Crippen MR) is 97.8 cm³/mol. The molecule has 0 spiro atoms. The Morgan fingerprint density at radius 1 is 1.16 bits per heavy atom. The van der Waals surface area contributed by atoms with E-state index in [2.05, 4.69) is 36.5 Å². The Morgan fingerprint density at radius 3 is 2.56 bits per heavy atom. The summed E-state index contributed by atoms with van der Waals surface area (Å²) in [6.07, 6.45) is -3.38. The summed E-state index contributed by atoms with van der Waals surface area (Å²) in [6.45, 7) is 3.62. The van der Waals surface area contributed by atoms with Gasteiger partial charge < -0.3 is 10.2 Å². The molecule has 1 saturated heterocycles. The van der Waals surface area contributed by atoms with Gasteiger partial charge in [0, 0.05) is 24.7 Å². The first kappa shape index (κ1) is 17.7. The van der Waals surface area contributed by atoms with Crippen LogP contribution in [0.15, 0.2) is 48.5 Å². The lowest BCUT2D eigenvalue weighted by molar-refractivity contribution is -0.137. The van der Waals surface area contributed by atoms with E-state index in [1.54, 1.807) is 6.07 Å². The number of alkyl halides is 3. The number of thiocarbonyl (C=S) groups is 1. The zero-order valence-electron chi connectivity index (χ0n) is 13.8. The van der Waals surface area contributed by atoms with Crippen molar-refractivity contribution in [2.24, 2.45) is 0 Å². The Kier molecular flexibility index (Phi) is 4.99. The molecule has 0 unspecified atom stereocenters. The molecular weight excluding hydrogens is 345 g/mol. The molecule has 0 amide bonds. The first-order valence-corrected chi connectivity index (χ1v) is 8.53. The maximum absolute atomic E-state index is 12.8. The largest absolute Gasteiger partial charge is 0.416 e. The predicted octanol–water partition coefficient (Wildman–Crippen LogP) is 5.20. The molecule has 6 heteroatoms. The summed E-state index contributed by atoms with van der Waals surface area (Å²) < 4.78 is 38.4. The number of likely N-dealkylation sites (tertiary alicyclic amines) is 1. The minimum absolute atomic E-state index is 0.360. The number of hydrogen-bond acceptors (Lipinski definition) is 1. The number of aryl methyl sites for hydroxylation is 1. The number of benzene rings is 2. The number of nitrogens with one attached hydrogen (secondary N) is 1. The molecule has 1 N–H and O–H groups in total. The molecule has 1 aliphatic heterocycles. The van der Waals surface area contributed by atoms with Gasteiger partial charge in [-0.1, -0.05) is 35.9 Å². The fourth-order valence-corrected chi connectivity index (χ4v) is 3.31. The van der Waals surface area contributed by atoms with Crippen molar-refractivity contribution in [3.05, 3.63) is 65.2 Å². The monoisotopic (exact) mass is 364 g/mol. The van der Waals surface area contributed by atoms with Crippen LogP contribution in [0.2, 0.25) is 0 Å². The lowest BCUT2D eigenvalue weighted by Gasteiger charge is -2.21. The van der Waals surface area contributed by atoms with Gasteiger partial charge in [-0.15, -0.1) is 0 Å². The fourth-order valence-electron chi connectivity index (χ4n) is 3.03. The second-order valence-corrected chi connectivity index (χ2v) is 6.74. The van der Waals surface area contributed by atoms with Crippen LogP contribution in [-0.2, 0) is 6.18 Å². The molecule has 25 heavy (non-hydrogen) atoms. The molecule has 1 fully saturated rings. The summed E-state index contributed by atoms with van der Waals surface area (Å²) in [4.78, 5) is 2.01. The molecule has 0 aliphatic carbocycles. The van der Waals surface area contributed by atoms with Crippen LogP contribution in [0.5, 0.6) is 0 Å². The van der Waals surface area contributed by atoms with Gasteiger partial charge in [-0.2, -0.15) is 13.2 Å². The third-order valence-electron chi connectivity index (χ3n) is 4.47. The van der Waals surface area contributed by atoms with Gasteiger partial charge in [-0.3, -0.25) is 0 Å². The van der Waals surface area contributed by atoms with Gasteiger partial charge in [0.1, 0.15) is 0 Å². The summed E-state index contributed by atoms with van der Waals surface area (Å²) in [5.41, 5.74) is 2.17. The zero-order valence-corrected chi connectivity index (χ0v) is 14.6. The summed E-state index contributed by atoms with van der Waals surface area (Å²) in [5, 5.41) is 3.40. The Bertz CT molecular complexity index is 756. The number of rotatable bonds is 2. The van der Waals surface area contributed by atoms with Gasteiger partial charge >= 0.3 is 6.18 Å². The van der Waals surface area contributed by atoms with Crippen LogP contribution in [0, 0.1) is 6.92 Å². The third-order valence-corrected chi connectivity index (χ3v) is 4.83. The second-order valence-electron chi connectivity index (χ2n) is 6.35. The average Bonchev–Trinajstić information content (AvgIpc) is 3.05. The summed E-state index contributed by atoms with van der Waals surface area (Å²) in [7, 11) is 0. The molecule has 0 radical (unpaired) electrons. The summed E-state index contributed by atoms with van der Waals surface area (Å²) in [6, 6.07) is 13.6. The Labute approximate surface area is 150 Å². The Morgan fingerprint density at radius 2 is 1.88 bits per heavy atom. The van der Waals surface area contributed by atoms with Gasteiger partial charge in [-0.05, 0) is 49.3 Å². The average molecular weight is 364 g/mol. The molecule has 2 nitrogen and oxygen atoms in total. The molecule has 0 saturated carbocycles. The molecule has 1 aliphatic rings. The first-order chi connectivity index (χ1) is 11.8. The van der Waals surface area contributed by atoms with Crippen molar-refractivity contribution in [2.45, 2.75) is 25.4 Å². The standard InChI is InChI=1S/C19H19F3N2S/c1-13-5-7-14(8-6-13)15-9-10-24(12-15)18(25)23-17-4-2-3-16(11-17)19(20,21)22/h2-8,11,15H,9-10,12H2,1H3,(H,23,25)/t15-/m1/s1. The topological polar surface area (TPSA) is 15.3 Å². The highest BCUT2D eigenvalue weighted by Crippen LogP contribution is 2.31. The van der Waals surface area contributed by atoms with Gasteiger partial charge in [0.2, 0.25) is 0 Å². The van der Waals surface area contributed by atoms with Crippen LogP contribution >= 0.6 is 12.2 Å². The van der Waals surface area contributed by atoms with E-state index < -0.39 is 11.7 Å². The van der Waals surface area contributed by atoms with Crippen molar-refractivity contribution in [2.75, 3.05) is 18.4 Å². The van der Waals surface area contributed by atoms with Crippen molar-refractivity contribution in [1.82, 2.24) is 4.90 Å². The van der Waals surface area contributed by atoms with E-state index in [1.807, 2.05) is 4.90 Å². The number of hydrogen-bond donors (Lipinski definition) is 1. The van der Waals surface area contributed by atoms with Crippen LogP contribution in [0.1, 0.15) is 29.0 Å². The van der Waals surface area contributed by atoms with E-state index in [9.17, 15) is 13.2 Å². The van der Waals surface area contributed by atoms with Crippen molar-refractivity contribution in [1.29, 1.82) is 0 Å². The normalized spacial score (nSPS) is 17.6. The third kappa shape index (κ3) is 4.31. The molecule has 0 bridgehead atoms. The lowest BCUT2D eigenvalue weighted by atomic mass is 9.98. The minimum atomic E-state index is -4.36. The molecule has 3 rings (SSSR count). The number of nitrogens with zero attached hydrogens (tertiary/aromatic N) is 1.